The van der Waals surface area contributed by atoms with E-state index in [1.807, 2.05) is 11.1 Å². The Hall–Kier alpha value is -2.35. The number of nitrogens with one attached hydrogen (secondary N) is 2. The van der Waals surface area contributed by atoms with Gasteiger partial charge in [0, 0.05) is 51.9 Å². The van der Waals surface area contributed by atoms with Gasteiger partial charge in [-0.05, 0) is 51.7 Å². The third-order valence-corrected chi connectivity index (χ3v) is 5.89. The molecule has 32 heavy (non-hydrogen) atoms. The Bertz CT molecular complexity index is 729. The number of nitrogens with zero attached hydrogens (tertiary/aromatic N) is 4. The van der Waals surface area contributed by atoms with Crippen LogP contribution in [0.15, 0.2) is 23.3 Å². The Balaban J connectivity index is 1.46. The van der Waals surface area contributed by atoms with Gasteiger partial charge in [0.15, 0.2) is 5.96 Å². The molecule has 2 atom stereocenters. The predicted molar refractivity (Wildman–Crippen MR) is 129 cm³/mol. The van der Waals surface area contributed by atoms with Crippen molar-refractivity contribution in [1.29, 1.82) is 0 Å². The summed E-state index contributed by atoms with van der Waals surface area (Å²) in [6, 6.07) is 4.18. The van der Waals surface area contributed by atoms with Gasteiger partial charge >= 0.3 is 0 Å². The number of morpholine rings is 1. The average Bonchev–Trinajstić information content (AvgIpc) is 2.98. The SMILES string of the molecule is CCNC(=NCc1ccc(N2CC(C)OC(C)C2)nc1)NCCCN1CCCCCC1=O. The molecule has 0 radical (unpaired) electrons. The average molecular weight is 445 g/mol. The second-order valence-corrected chi connectivity index (χ2v) is 8.85. The molecule has 0 bridgehead atoms. The van der Waals surface area contributed by atoms with E-state index in [0.29, 0.717) is 18.9 Å². The predicted octanol–water partition coefficient (Wildman–Crippen LogP) is 2.54. The highest BCUT2D eigenvalue weighted by Gasteiger charge is 2.23. The van der Waals surface area contributed by atoms with Crippen LogP contribution in [0, 0.1) is 0 Å². The zero-order chi connectivity index (χ0) is 22.8. The largest absolute Gasteiger partial charge is 0.372 e. The van der Waals surface area contributed by atoms with Crippen molar-refractivity contribution in [3.63, 3.8) is 0 Å². The molecule has 1 amide bonds. The monoisotopic (exact) mass is 444 g/mol. The molecule has 2 N–H and O–H groups in total. The van der Waals surface area contributed by atoms with Gasteiger partial charge in [-0.25, -0.2) is 9.98 Å². The van der Waals surface area contributed by atoms with Crippen molar-refractivity contribution < 1.29 is 9.53 Å². The maximum absolute atomic E-state index is 12.1. The molecular weight excluding hydrogens is 404 g/mol. The van der Waals surface area contributed by atoms with E-state index in [2.05, 4.69) is 53.4 Å². The number of hydrogen-bond acceptors (Lipinski definition) is 5. The summed E-state index contributed by atoms with van der Waals surface area (Å²) >= 11 is 0. The van der Waals surface area contributed by atoms with Crippen LogP contribution >= 0.6 is 0 Å². The second-order valence-electron chi connectivity index (χ2n) is 8.85. The molecule has 2 aliphatic heterocycles. The highest BCUT2D eigenvalue weighted by atomic mass is 16.5. The van der Waals surface area contributed by atoms with Gasteiger partial charge in [0.05, 0.1) is 18.8 Å². The summed E-state index contributed by atoms with van der Waals surface area (Å²) in [6.07, 6.45) is 7.30. The molecule has 2 saturated heterocycles. The van der Waals surface area contributed by atoms with Crippen LogP contribution in [-0.2, 0) is 16.1 Å². The first-order valence-electron chi connectivity index (χ1n) is 12.2. The van der Waals surface area contributed by atoms with E-state index >= 15 is 0 Å². The van der Waals surface area contributed by atoms with Gasteiger partial charge in [-0.3, -0.25) is 4.79 Å². The lowest BCUT2D eigenvalue weighted by Crippen LogP contribution is -2.45. The van der Waals surface area contributed by atoms with Crippen LogP contribution < -0.4 is 15.5 Å². The Morgan fingerprint density at radius 2 is 2.00 bits per heavy atom. The molecule has 2 unspecified atom stereocenters. The van der Waals surface area contributed by atoms with E-state index in [-0.39, 0.29) is 12.2 Å². The molecule has 3 heterocycles. The lowest BCUT2D eigenvalue weighted by atomic mass is 10.2. The van der Waals surface area contributed by atoms with Crippen molar-refractivity contribution in [2.24, 2.45) is 4.99 Å². The molecule has 0 saturated carbocycles. The topological polar surface area (TPSA) is 82.1 Å². The zero-order valence-corrected chi connectivity index (χ0v) is 20.0. The molecule has 1 aromatic rings. The number of aliphatic imine (C=N–C) groups is 1. The van der Waals surface area contributed by atoms with Crippen LogP contribution in [0.25, 0.3) is 0 Å². The van der Waals surface area contributed by atoms with Crippen molar-refractivity contribution >= 4 is 17.7 Å². The van der Waals surface area contributed by atoms with Crippen LogP contribution in [0.3, 0.4) is 0 Å². The number of hydrogen-bond donors (Lipinski definition) is 2. The smallest absolute Gasteiger partial charge is 0.222 e. The molecule has 8 heteroatoms. The number of anilines is 1. The number of pyridine rings is 1. The highest BCUT2D eigenvalue weighted by Crippen LogP contribution is 2.18. The van der Waals surface area contributed by atoms with Crippen LogP contribution in [0.2, 0.25) is 0 Å². The fourth-order valence-electron chi connectivity index (χ4n) is 4.33. The maximum Gasteiger partial charge on any atom is 0.222 e. The minimum Gasteiger partial charge on any atom is -0.372 e. The van der Waals surface area contributed by atoms with Gasteiger partial charge in [0.1, 0.15) is 5.82 Å². The minimum atomic E-state index is 0.219. The number of ether oxygens (including phenoxy) is 1. The molecule has 1 aromatic heterocycles. The summed E-state index contributed by atoms with van der Waals surface area (Å²) in [4.78, 5) is 25.8. The first-order chi connectivity index (χ1) is 15.5. The fraction of sp³-hybridized carbons (Fsp3) is 0.708. The first-order valence-corrected chi connectivity index (χ1v) is 12.2. The lowest BCUT2D eigenvalue weighted by Gasteiger charge is -2.36. The molecule has 178 valence electrons. The molecule has 0 spiro atoms. The van der Waals surface area contributed by atoms with Crippen molar-refractivity contribution in [2.75, 3.05) is 44.2 Å². The van der Waals surface area contributed by atoms with Gasteiger partial charge in [-0.15, -0.1) is 0 Å². The highest BCUT2D eigenvalue weighted by molar-refractivity contribution is 5.79. The van der Waals surface area contributed by atoms with Crippen molar-refractivity contribution in [1.82, 2.24) is 20.5 Å². The van der Waals surface area contributed by atoms with Gasteiger partial charge in [0.2, 0.25) is 5.91 Å². The Morgan fingerprint density at radius 3 is 2.72 bits per heavy atom. The van der Waals surface area contributed by atoms with Crippen molar-refractivity contribution in [3.05, 3.63) is 23.9 Å². The number of amides is 1. The third kappa shape index (κ3) is 7.65. The maximum atomic E-state index is 12.1. The summed E-state index contributed by atoms with van der Waals surface area (Å²) in [7, 11) is 0. The van der Waals surface area contributed by atoms with Gasteiger partial charge in [0.25, 0.3) is 0 Å². The molecule has 3 rings (SSSR count). The fourth-order valence-corrected chi connectivity index (χ4v) is 4.33. The summed E-state index contributed by atoms with van der Waals surface area (Å²) < 4.78 is 5.81. The minimum absolute atomic E-state index is 0.219. The number of guanidine groups is 1. The molecule has 2 fully saturated rings. The number of rotatable bonds is 8. The quantitative estimate of drug-likeness (QED) is 0.364. The Kier molecular flexibility index (Phi) is 9.59. The van der Waals surface area contributed by atoms with Crippen LogP contribution in [-0.4, -0.2) is 73.2 Å². The molecule has 0 aromatic carbocycles. The normalized spacial score (nSPS) is 22.6. The number of carbonyl (C=O) groups excluding carboxylic acids is 1. The van der Waals surface area contributed by atoms with E-state index in [0.717, 1.165) is 82.3 Å². The van der Waals surface area contributed by atoms with E-state index in [9.17, 15) is 4.79 Å². The number of likely N-dealkylation sites (tertiary alicyclic amines) is 1. The van der Waals surface area contributed by atoms with Crippen LogP contribution in [0.5, 0.6) is 0 Å². The molecule has 8 nitrogen and oxygen atoms in total. The van der Waals surface area contributed by atoms with E-state index in [4.69, 9.17) is 9.73 Å². The second kappa shape index (κ2) is 12.6. The number of carbonyl (C=O) groups is 1. The molecular formula is C24H40N6O2. The standard InChI is InChI=1S/C24H40N6O2/c1-4-25-24(26-12-8-14-29-13-7-5-6-9-23(29)31)28-16-21-10-11-22(27-15-21)30-17-19(2)32-20(3)18-30/h10-11,15,19-20H,4-9,12-14,16-18H2,1-3H3,(H2,25,26,28). The van der Waals surface area contributed by atoms with Gasteiger partial charge < -0.3 is 25.2 Å². The lowest BCUT2D eigenvalue weighted by molar-refractivity contribution is -0.130. The van der Waals surface area contributed by atoms with E-state index < -0.39 is 0 Å². The first kappa shape index (κ1) is 24.3. The number of aromatic nitrogens is 1. The third-order valence-electron chi connectivity index (χ3n) is 5.89. The van der Waals surface area contributed by atoms with Gasteiger partial charge in [-0.1, -0.05) is 12.5 Å². The zero-order valence-electron chi connectivity index (χ0n) is 20.0. The Labute approximate surface area is 192 Å². The van der Waals surface area contributed by atoms with Crippen LogP contribution in [0.1, 0.15) is 58.4 Å². The van der Waals surface area contributed by atoms with Crippen molar-refractivity contribution in [3.8, 4) is 0 Å². The van der Waals surface area contributed by atoms with Gasteiger partial charge in [-0.2, -0.15) is 0 Å². The summed E-state index contributed by atoms with van der Waals surface area (Å²) in [5.74, 6) is 2.10. The summed E-state index contributed by atoms with van der Waals surface area (Å²) in [5, 5.41) is 6.69. The summed E-state index contributed by atoms with van der Waals surface area (Å²) in [6.45, 7) is 11.9. The Morgan fingerprint density at radius 1 is 1.19 bits per heavy atom. The van der Waals surface area contributed by atoms with Crippen molar-refractivity contribution in [2.45, 2.75) is 71.6 Å². The van der Waals surface area contributed by atoms with E-state index in [1.165, 1.54) is 0 Å². The molecule has 0 aliphatic carbocycles. The van der Waals surface area contributed by atoms with Crippen LogP contribution in [0.4, 0.5) is 5.82 Å². The molecule has 2 aliphatic rings. The van der Waals surface area contributed by atoms with E-state index in [1.54, 1.807) is 0 Å². The summed E-state index contributed by atoms with van der Waals surface area (Å²) in [5.41, 5.74) is 1.08.